The molecule has 0 fully saturated rings. The summed E-state index contributed by atoms with van der Waals surface area (Å²) in [7, 11) is 0. The summed E-state index contributed by atoms with van der Waals surface area (Å²) in [5.74, 6) is -0.00189. The van der Waals surface area contributed by atoms with Gasteiger partial charge in [0.05, 0.1) is 12.1 Å². The van der Waals surface area contributed by atoms with Gasteiger partial charge in [0.25, 0.3) is 0 Å². The smallest absolute Gasteiger partial charge is 0.120 e. The van der Waals surface area contributed by atoms with E-state index in [4.69, 9.17) is 5.73 Å². The summed E-state index contributed by atoms with van der Waals surface area (Å²) in [6.45, 7) is 5.58. The molecule has 0 heterocycles. The van der Waals surface area contributed by atoms with E-state index >= 15 is 0 Å². The van der Waals surface area contributed by atoms with E-state index in [0.29, 0.717) is 5.56 Å². The molecule has 4 heteroatoms. The Morgan fingerprint density at radius 3 is 2.25 bits per heavy atom. The second kappa shape index (κ2) is 4.31. The lowest BCUT2D eigenvalue weighted by Gasteiger charge is -2.31. The number of nitrogens with two attached hydrogens (primary N) is 1. The van der Waals surface area contributed by atoms with Crippen LogP contribution in [0.3, 0.4) is 0 Å². The van der Waals surface area contributed by atoms with Crippen molar-refractivity contribution in [1.29, 1.82) is 0 Å². The predicted molar refractivity (Wildman–Crippen MR) is 62.2 cm³/mol. The van der Waals surface area contributed by atoms with Crippen LogP contribution in [0.2, 0.25) is 0 Å². The van der Waals surface area contributed by atoms with Crippen molar-refractivity contribution in [2.24, 2.45) is 11.1 Å². The Morgan fingerprint density at radius 2 is 1.75 bits per heavy atom. The summed E-state index contributed by atoms with van der Waals surface area (Å²) in [5.41, 5.74) is 5.83. The fourth-order valence-corrected chi connectivity index (χ4v) is 1.52. The molecule has 16 heavy (non-hydrogen) atoms. The van der Waals surface area contributed by atoms with Crippen LogP contribution in [-0.2, 0) is 0 Å². The molecule has 1 aromatic rings. The van der Waals surface area contributed by atoms with Crippen molar-refractivity contribution in [3.8, 4) is 11.5 Å². The van der Waals surface area contributed by atoms with E-state index in [2.05, 4.69) is 0 Å². The van der Waals surface area contributed by atoms with Crippen molar-refractivity contribution >= 4 is 0 Å². The lowest BCUT2D eigenvalue weighted by molar-refractivity contribution is 0.0394. The molecule has 0 saturated heterocycles. The number of rotatable bonds is 2. The molecule has 1 aromatic carbocycles. The molecule has 0 saturated carbocycles. The second-order valence-electron chi connectivity index (χ2n) is 5.08. The molecule has 0 unspecified atom stereocenters. The summed E-state index contributed by atoms with van der Waals surface area (Å²) in [6.07, 6.45) is -0.805. The van der Waals surface area contributed by atoms with E-state index in [1.807, 2.05) is 20.8 Å². The standard InChI is InChI=1S/C12H19NO3/c1-12(2,3)11(16)10(13)8-6-7(14)4-5-9(8)15/h4-6,10-11,14-16H,13H2,1-3H3/t10-,11-/m1/s1. The highest BCUT2D eigenvalue weighted by Gasteiger charge is 2.30. The normalized spacial score (nSPS) is 15.8. The number of benzene rings is 1. The number of phenolic OH excluding ortho intramolecular Hbond substituents is 2. The van der Waals surface area contributed by atoms with E-state index in [1.165, 1.54) is 18.2 Å². The minimum absolute atomic E-state index is 0.0179. The van der Waals surface area contributed by atoms with Crippen molar-refractivity contribution in [3.63, 3.8) is 0 Å². The SMILES string of the molecule is CC(C)(C)[C@H](O)[C@H](N)c1cc(O)ccc1O. The van der Waals surface area contributed by atoms with Crippen molar-refractivity contribution in [3.05, 3.63) is 23.8 Å². The Balaban J connectivity index is 3.05. The largest absolute Gasteiger partial charge is 0.508 e. The zero-order valence-electron chi connectivity index (χ0n) is 9.81. The molecule has 0 aliphatic heterocycles. The Kier molecular flexibility index (Phi) is 3.45. The zero-order chi connectivity index (χ0) is 12.5. The van der Waals surface area contributed by atoms with Crippen LogP contribution in [-0.4, -0.2) is 21.4 Å². The van der Waals surface area contributed by atoms with Crippen molar-refractivity contribution in [1.82, 2.24) is 0 Å². The van der Waals surface area contributed by atoms with Gasteiger partial charge in [-0.2, -0.15) is 0 Å². The van der Waals surface area contributed by atoms with E-state index in [-0.39, 0.29) is 11.5 Å². The van der Waals surface area contributed by atoms with Crippen LogP contribution in [0, 0.1) is 5.41 Å². The Bertz CT molecular complexity index is 371. The van der Waals surface area contributed by atoms with Crippen LogP contribution in [0.25, 0.3) is 0 Å². The highest BCUT2D eigenvalue weighted by molar-refractivity contribution is 5.41. The third-order valence-electron chi connectivity index (χ3n) is 2.60. The average Bonchev–Trinajstić information content (AvgIpc) is 2.18. The van der Waals surface area contributed by atoms with Gasteiger partial charge in [0.2, 0.25) is 0 Å². The summed E-state index contributed by atoms with van der Waals surface area (Å²) in [6, 6.07) is 3.37. The Hall–Kier alpha value is -1.26. The maximum atomic E-state index is 10.0. The first-order chi connectivity index (χ1) is 7.23. The zero-order valence-corrected chi connectivity index (χ0v) is 9.81. The molecule has 0 bridgehead atoms. The molecule has 5 N–H and O–H groups in total. The van der Waals surface area contributed by atoms with Crippen LogP contribution in [0.5, 0.6) is 11.5 Å². The molecule has 2 atom stereocenters. The molecule has 0 aliphatic carbocycles. The number of phenols is 2. The van der Waals surface area contributed by atoms with Crippen LogP contribution >= 0.6 is 0 Å². The van der Waals surface area contributed by atoms with Crippen molar-refractivity contribution in [2.75, 3.05) is 0 Å². The van der Waals surface area contributed by atoms with E-state index in [1.54, 1.807) is 0 Å². The predicted octanol–water partition coefficient (Wildman–Crippen LogP) is 1.50. The van der Waals surface area contributed by atoms with Crippen molar-refractivity contribution < 1.29 is 15.3 Å². The highest BCUT2D eigenvalue weighted by atomic mass is 16.3. The Labute approximate surface area is 95.3 Å². The van der Waals surface area contributed by atoms with E-state index < -0.39 is 17.6 Å². The summed E-state index contributed by atoms with van der Waals surface area (Å²) in [5, 5.41) is 28.9. The fraction of sp³-hybridized carbons (Fsp3) is 0.500. The van der Waals surface area contributed by atoms with Gasteiger partial charge in [-0.3, -0.25) is 0 Å². The minimum Gasteiger partial charge on any atom is -0.508 e. The van der Waals surface area contributed by atoms with Gasteiger partial charge in [-0.1, -0.05) is 20.8 Å². The maximum Gasteiger partial charge on any atom is 0.120 e. The number of hydrogen-bond acceptors (Lipinski definition) is 4. The highest BCUT2D eigenvalue weighted by Crippen LogP contribution is 2.34. The first-order valence-electron chi connectivity index (χ1n) is 5.19. The van der Waals surface area contributed by atoms with Gasteiger partial charge in [-0.25, -0.2) is 0 Å². The van der Waals surface area contributed by atoms with Crippen LogP contribution in [0.15, 0.2) is 18.2 Å². The molecule has 0 amide bonds. The minimum atomic E-state index is -0.805. The van der Waals surface area contributed by atoms with Gasteiger partial charge in [0.1, 0.15) is 11.5 Å². The molecule has 4 nitrogen and oxygen atoms in total. The quantitative estimate of drug-likeness (QED) is 0.574. The topological polar surface area (TPSA) is 86.7 Å². The molecular formula is C12H19NO3. The van der Waals surface area contributed by atoms with Crippen LogP contribution in [0.1, 0.15) is 32.4 Å². The first-order valence-corrected chi connectivity index (χ1v) is 5.19. The molecule has 0 aliphatic rings. The van der Waals surface area contributed by atoms with Gasteiger partial charge in [0, 0.05) is 5.56 Å². The van der Waals surface area contributed by atoms with Gasteiger partial charge < -0.3 is 21.1 Å². The summed E-state index contributed by atoms with van der Waals surface area (Å²) >= 11 is 0. The average molecular weight is 225 g/mol. The lowest BCUT2D eigenvalue weighted by atomic mass is 9.82. The summed E-state index contributed by atoms with van der Waals surface area (Å²) in [4.78, 5) is 0. The lowest BCUT2D eigenvalue weighted by Crippen LogP contribution is -2.36. The van der Waals surface area contributed by atoms with Gasteiger partial charge >= 0.3 is 0 Å². The molecular weight excluding hydrogens is 206 g/mol. The molecule has 0 aromatic heterocycles. The molecule has 90 valence electrons. The number of hydrogen-bond donors (Lipinski definition) is 4. The van der Waals surface area contributed by atoms with Gasteiger partial charge in [-0.15, -0.1) is 0 Å². The van der Waals surface area contributed by atoms with Crippen LogP contribution < -0.4 is 5.73 Å². The van der Waals surface area contributed by atoms with Gasteiger partial charge in [0.15, 0.2) is 0 Å². The molecule has 0 spiro atoms. The van der Waals surface area contributed by atoms with E-state index in [9.17, 15) is 15.3 Å². The summed E-state index contributed by atoms with van der Waals surface area (Å²) < 4.78 is 0. The third kappa shape index (κ3) is 2.65. The number of aromatic hydroxyl groups is 2. The first kappa shape index (κ1) is 12.8. The second-order valence-corrected chi connectivity index (χ2v) is 5.08. The maximum absolute atomic E-state index is 10.0. The third-order valence-corrected chi connectivity index (χ3v) is 2.60. The monoisotopic (exact) mass is 225 g/mol. The van der Waals surface area contributed by atoms with E-state index in [0.717, 1.165) is 0 Å². The Morgan fingerprint density at radius 1 is 1.19 bits per heavy atom. The van der Waals surface area contributed by atoms with Crippen molar-refractivity contribution in [2.45, 2.75) is 32.9 Å². The number of aliphatic hydroxyl groups is 1. The molecule has 0 radical (unpaired) electrons. The fourth-order valence-electron chi connectivity index (χ4n) is 1.52. The van der Waals surface area contributed by atoms with Gasteiger partial charge in [-0.05, 0) is 23.6 Å². The number of aliphatic hydroxyl groups excluding tert-OH is 1. The van der Waals surface area contributed by atoms with Crippen LogP contribution in [0.4, 0.5) is 0 Å². The molecule has 1 rings (SSSR count).